The molecule has 0 aliphatic heterocycles. The van der Waals surface area contributed by atoms with E-state index in [0.717, 1.165) is 11.6 Å². The summed E-state index contributed by atoms with van der Waals surface area (Å²) in [5.41, 5.74) is 7.66. The molecule has 7 heteroatoms. The smallest absolute Gasteiger partial charge is 0.233 e. The number of hydrogen-bond acceptors (Lipinski definition) is 2. The summed E-state index contributed by atoms with van der Waals surface area (Å²) in [6, 6.07) is 7.98. The van der Waals surface area contributed by atoms with Crippen LogP contribution in [0.15, 0.2) is 36.4 Å². The fourth-order valence-electron chi connectivity index (χ4n) is 3.77. The fraction of sp³-hybridized carbons (Fsp3) is 0.318. The van der Waals surface area contributed by atoms with E-state index in [-0.39, 0.29) is 35.7 Å². The molecule has 1 aliphatic carbocycles. The molecular formula is C22H24F3N3O. The molecule has 0 atom stereocenters. The van der Waals surface area contributed by atoms with Crippen LogP contribution in [0.5, 0.6) is 0 Å². The molecule has 0 radical (unpaired) electrons. The molecule has 4 N–H and O–H groups in total. The zero-order valence-electron chi connectivity index (χ0n) is 16.4. The van der Waals surface area contributed by atoms with Crippen molar-refractivity contribution in [3.05, 3.63) is 59.4 Å². The number of carbonyl (C=O) groups is 1. The van der Waals surface area contributed by atoms with Gasteiger partial charge >= 0.3 is 0 Å². The van der Waals surface area contributed by atoms with Crippen LogP contribution in [0.3, 0.4) is 0 Å². The number of halogens is 3. The summed E-state index contributed by atoms with van der Waals surface area (Å²) in [5, 5.41) is 3.30. The third-order valence-electron chi connectivity index (χ3n) is 5.09. The van der Waals surface area contributed by atoms with E-state index in [1.165, 1.54) is 18.2 Å². The highest BCUT2D eigenvalue weighted by Gasteiger charge is 2.35. The molecule has 3 aromatic rings. The highest BCUT2D eigenvalue weighted by molar-refractivity contribution is 5.92. The second kappa shape index (κ2) is 8.69. The summed E-state index contributed by atoms with van der Waals surface area (Å²) >= 11 is 0. The summed E-state index contributed by atoms with van der Waals surface area (Å²) in [4.78, 5) is 14.5. The predicted molar refractivity (Wildman–Crippen MR) is 108 cm³/mol. The number of benzene rings is 2. The number of hydrogen-bond donors (Lipinski definition) is 3. The number of nitrogens with one attached hydrogen (secondary N) is 2. The van der Waals surface area contributed by atoms with Gasteiger partial charge in [0.15, 0.2) is 0 Å². The normalized spacial score (nSPS) is 18.0. The lowest BCUT2D eigenvalue weighted by Crippen LogP contribution is -2.45. The van der Waals surface area contributed by atoms with Crippen LogP contribution < -0.4 is 11.1 Å². The Bertz CT molecular complexity index is 1010. The van der Waals surface area contributed by atoms with Gasteiger partial charge in [0.2, 0.25) is 5.91 Å². The van der Waals surface area contributed by atoms with Crippen LogP contribution in [0.2, 0.25) is 0 Å². The largest absolute Gasteiger partial charge is 0.352 e. The predicted octanol–water partition coefficient (Wildman–Crippen LogP) is 4.60. The molecule has 0 unspecified atom stereocenters. The first-order valence-electron chi connectivity index (χ1n) is 9.72. The van der Waals surface area contributed by atoms with Crippen molar-refractivity contribution in [3.63, 3.8) is 0 Å². The monoisotopic (exact) mass is 403 g/mol. The van der Waals surface area contributed by atoms with Gasteiger partial charge in [-0.1, -0.05) is 13.8 Å². The van der Waals surface area contributed by atoms with Gasteiger partial charge in [0.05, 0.1) is 17.8 Å². The Morgan fingerprint density at radius 3 is 2.38 bits per heavy atom. The summed E-state index contributed by atoms with van der Waals surface area (Å²) < 4.78 is 41.4. The average molecular weight is 403 g/mol. The van der Waals surface area contributed by atoms with Crippen molar-refractivity contribution in [1.29, 1.82) is 0 Å². The first-order valence-corrected chi connectivity index (χ1v) is 9.72. The highest BCUT2D eigenvalue weighted by Crippen LogP contribution is 2.45. The molecule has 4 nitrogen and oxygen atoms in total. The van der Waals surface area contributed by atoms with Gasteiger partial charge in [-0.3, -0.25) is 4.79 Å². The number of aromatic nitrogens is 1. The van der Waals surface area contributed by atoms with E-state index in [1.54, 1.807) is 12.1 Å². The molecule has 2 aromatic carbocycles. The average Bonchev–Trinajstić information content (AvgIpc) is 3.05. The lowest BCUT2D eigenvalue weighted by atomic mass is 9.74. The van der Waals surface area contributed by atoms with Crippen molar-refractivity contribution >= 4 is 16.8 Å². The Balaban J connectivity index is 0.00000117. The second-order valence-electron chi connectivity index (χ2n) is 6.87. The first-order chi connectivity index (χ1) is 14.0. The number of nitrogens with two attached hydrogens (primary N) is 1. The number of carbonyl (C=O) groups excluding carboxylic acids is 1. The quantitative estimate of drug-likeness (QED) is 0.596. The third kappa shape index (κ3) is 4.15. The molecule has 1 fully saturated rings. The minimum Gasteiger partial charge on any atom is -0.352 e. The Morgan fingerprint density at radius 1 is 1.10 bits per heavy atom. The lowest BCUT2D eigenvalue weighted by Gasteiger charge is -2.36. The molecule has 0 saturated heterocycles. The standard InChI is InChI=1S/C20H18F3N3O.C2H6/c21-12-3-1-10(2-4-12)19-18(11-5-14(6-11)25-17(27)9-24)15-7-13(22)8-16(23)20(15)26-19;1-2/h1-4,7-8,11,14,26H,5-6,9,24H2,(H,25,27);1-2H3. The van der Waals surface area contributed by atoms with Gasteiger partial charge in [-0.2, -0.15) is 0 Å². The van der Waals surface area contributed by atoms with Crippen molar-refractivity contribution in [2.75, 3.05) is 6.54 Å². The van der Waals surface area contributed by atoms with Crippen LogP contribution in [-0.4, -0.2) is 23.5 Å². The van der Waals surface area contributed by atoms with Crippen LogP contribution in [0.4, 0.5) is 13.2 Å². The summed E-state index contributed by atoms with van der Waals surface area (Å²) in [7, 11) is 0. The van der Waals surface area contributed by atoms with Crippen molar-refractivity contribution in [3.8, 4) is 11.3 Å². The van der Waals surface area contributed by atoms with Crippen molar-refractivity contribution in [1.82, 2.24) is 10.3 Å². The van der Waals surface area contributed by atoms with Crippen molar-refractivity contribution < 1.29 is 18.0 Å². The lowest BCUT2D eigenvalue weighted by molar-refractivity contribution is -0.121. The molecule has 29 heavy (non-hydrogen) atoms. The molecule has 1 aliphatic rings. The molecule has 154 valence electrons. The van der Waals surface area contributed by atoms with Gasteiger partial charge in [-0.25, -0.2) is 13.2 Å². The van der Waals surface area contributed by atoms with E-state index in [0.29, 0.717) is 29.5 Å². The molecular weight excluding hydrogens is 379 g/mol. The SMILES string of the molecule is CC.NCC(=O)NC1CC(c2c(-c3ccc(F)cc3)[nH]c3c(F)cc(F)cc23)C1. The molecule has 0 bridgehead atoms. The van der Waals surface area contributed by atoms with E-state index in [1.807, 2.05) is 13.8 Å². The molecule has 1 amide bonds. The summed E-state index contributed by atoms with van der Waals surface area (Å²) in [6.45, 7) is 3.92. The highest BCUT2D eigenvalue weighted by atomic mass is 19.1. The van der Waals surface area contributed by atoms with Crippen LogP contribution in [0, 0.1) is 17.5 Å². The maximum atomic E-state index is 14.3. The Labute approximate surface area is 167 Å². The van der Waals surface area contributed by atoms with E-state index in [4.69, 9.17) is 5.73 Å². The van der Waals surface area contributed by atoms with Gasteiger partial charge in [-0.15, -0.1) is 0 Å². The maximum Gasteiger partial charge on any atom is 0.233 e. The molecule has 1 aromatic heterocycles. The Kier molecular flexibility index (Phi) is 6.27. The van der Waals surface area contributed by atoms with E-state index in [9.17, 15) is 18.0 Å². The zero-order chi connectivity index (χ0) is 21.1. The molecule has 1 saturated carbocycles. The Morgan fingerprint density at radius 2 is 1.76 bits per heavy atom. The fourth-order valence-corrected chi connectivity index (χ4v) is 3.77. The van der Waals surface area contributed by atoms with Crippen molar-refractivity contribution in [2.45, 2.75) is 38.6 Å². The first kappa shape index (κ1) is 20.9. The molecule has 0 spiro atoms. The number of amides is 1. The van der Waals surface area contributed by atoms with E-state index < -0.39 is 11.6 Å². The maximum absolute atomic E-state index is 14.3. The Hall–Kier alpha value is -2.80. The van der Waals surface area contributed by atoms with Gasteiger partial charge < -0.3 is 16.0 Å². The van der Waals surface area contributed by atoms with Crippen LogP contribution in [-0.2, 0) is 4.79 Å². The van der Waals surface area contributed by atoms with E-state index in [2.05, 4.69) is 10.3 Å². The van der Waals surface area contributed by atoms with Crippen LogP contribution in [0.25, 0.3) is 22.2 Å². The van der Waals surface area contributed by atoms with Gasteiger partial charge in [0, 0.05) is 17.5 Å². The summed E-state index contributed by atoms with van der Waals surface area (Å²) in [6.07, 6.45) is 1.29. The third-order valence-corrected chi connectivity index (χ3v) is 5.09. The summed E-state index contributed by atoms with van der Waals surface area (Å²) in [5.74, 6) is -1.91. The number of aromatic amines is 1. The minimum absolute atomic E-state index is 0.0167. The number of fused-ring (bicyclic) bond motifs is 1. The van der Waals surface area contributed by atoms with E-state index >= 15 is 0 Å². The zero-order valence-corrected chi connectivity index (χ0v) is 16.4. The second-order valence-corrected chi connectivity index (χ2v) is 6.87. The van der Waals surface area contributed by atoms with Gasteiger partial charge in [0.1, 0.15) is 17.5 Å². The van der Waals surface area contributed by atoms with Crippen molar-refractivity contribution in [2.24, 2.45) is 5.73 Å². The minimum atomic E-state index is -0.674. The van der Waals surface area contributed by atoms with Crippen LogP contribution >= 0.6 is 0 Å². The number of rotatable bonds is 4. The van der Waals surface area contributed by atoms with Gasteiger partial charge in [0.25, 0.3) is 0 Å². The topological polar surface area (TPSA) is 70.9 Å². The van der Waals surface area contributed by atoms with Gasteiger partial charge in [-0.05, 0) is 60.2 Å². The van der Waals surface area contributed by atoms with Crippen LogP contribution in [0.1, 0.15) is 38.2 Å². The molecule has 4 rings (SSSR count). The number of H-pyrrole nitrogens is 1. The molecule has 1 heterocycles.